The molecule has 2 aromatic carbocycles. The Bertz CT molecular complexity index is 708. The third-order valence-electron chi connectivity index (χ3n) is 3.95. The molecule has 4 heteroatoms. The lowest BCUT2D eigenvalue weighted by Gasteiger charge is -2.16. The molecule has 25 heavy (non-hydrogen) atoms. The van der Waals surface area contributed by atoms with Gasteiger partial charge < -0.3 is 15.0 Å². The highest BCUT2D eigenvalue weighted by molar-refractivity contribution is 6.06. The Labute approximate surface area is 150 Å². The predicted octanol–water partition coefficient (Wildman–Crippen LogP) is 3.24. The fraction of sp³-hybridized carbons (Fsp3) is 0.286. The van der Waals surface area contributed by atoms with E-state index in [9.17, 15) is 4.79 Å². The van der Waals surface area contributed by atoms with Gasteiger partial charge in [0, 0.05) is 25.2 Å². The minimum absolute atomic E-state index is 0.00976. The zero-order chi connectivity index (χ0) is 18.1. The summed E-state index contributed by atoms with van der Waals surface area (Å²) in [5, 5.41) is 3.14. The summed E-state index contributed by atoms with van der Waals surface area (Å²) in [4.78, 5) is 14.6. The van der Waals surface area contributed by atoms with E-state index in [4.69, 9.17) is 4.74 Å². The molecule has 0 atom stereocenters. The largest absolute Gasteiger partial charge is 0.497 e. The van der Waals surface area contributed by atoms with Crippen LogP contribution in [0.5, 0.6) is 5.75 Å². The van der Waals surface area contributed by atoms with Gasteiger partial charge in [-0.1, -0.05) is 36.4 Å². The van der Waals surface area contributed by atoms with Crippen LogP contribution in [0.3, 0.4) is 0 Å². The standard InChI is InChI=1S/C21H26N2O2/c1-22-13-14-23(2)16-18-5-4-6-19(15-18)21(24)12-9-17-7-10-20(25-3)11-8-17/h4-12,15,22H,13-14,16H2,1-3H3. The molecule has 0 aromatic heterocycles. The number of rotatable bonds is 9. The first-order valence-electron chi connectivity index (χ1n) is 8.41. The number of nitrogens with one attached hydrogen (secondary N) is 1. The number of likely N-dealkylation sites (N-methyl/N-ethyl adjacent to an activating group) is 2. The summed E-state index contributed by atoms with van der Waals surface area (Å²) in [6.07, 6.45) is 3.44. The molecule has 132 valence electrons. The van der Waals surface area contributed by atoms with Crippen LogP contribution in [-0.4, -0.2) is 45.0 Å². The summed E-state index contributed by atoms with van der Waals surface area (Å²) in [6, 6.07) is 15.4. The van der Waals surface area contributed by atoms with Crippen LogP contribution >= 0.6 is 0 Å². The summed E-state index contributed by atoms with van der Waals surface area (Å²) >= 11 is 0. The second-order valence-corrected chi connectivity index (χ2v) is 6.01. The SMILES string of the molecule is CNCCN(C)Cc1cccc(C(=O)C=Cc2ccc(OC)cc2)c1. The van der Waals surface area contributed by atoms with Crippen LogP contribution in [0.15, 0.2) is 54.6 Å². The minimum Gasteiger partial charge on any atom is -0.497 e. The van der Waals surface area contributed by atoms with Gasteiger partial charge in [-0.05, 0) is 49.5 Å². The number of benzene rings is 2. The van der Waals surface area contributed by atoms with Crippen molar-refractivity contribution in [2.45, 2.75) is 6.54 Å². The van der Waals surface area contributed by atoms with Gasteiger partial charge in [0.15, 0.2) is 5.78 Å². The fourth-order valence-corrected chi connectivity index (χ4v) is 2.50. The van der Waals surface area contributed by atoms with Crippen molar-refractivity contribution in [2.75, 3.05) is 34.3 Å². The Morgan fingerprint density at radius 3 is 2.64 bits per heavy atom. The van der Waals surface area contributed by atoms with Gasteiger partial charge in [0.1, 0.15) is 5.75 Å². The molecule has 0 bridgehead atoms. The summed E-state index contributed by atoms with van der Waals surface area (Å²) in [7, 11) is 5.66. The number of ketones is 1. The highest BCUT2D eigenvalue weighted by Crippen LogP contribution is 2.14. The molecular weight excluding hydrogens is 312 g/mol. The highest BCUT2D eigenvalue weighted by Gasteiger charge is 2.05. The lowest BCUT2D eigenvalue weighted by Crippen LogP contribution is -2.26. The number of carbonyl (C=O) groups excluding carboxylic acids is 1. The van der Waals surface area contributed by atoms with Gasteiger partial charge in [0.2, 0.25) is 0 Å². The van der Waals surface area contributed by atoms with Gasteiger partial charge in [-0.3, -0.25) is 4.79 Å². The first kappa shape index (κ1) is 18.9. The fourth-order valence-electron chi connectivity index (χ4n) is 2.50. The van der Waals surface area contributed by atoms with Crippen LogP contribution in [0, 0.1) is 0 Å². The normalized spacial score (nSPS) is 11.2. The van der Waals surface area contributed by atoms with E-state index < -0.39 is 0 Å². The molecule has 0 saturated heterocycles. The number of carbonyl (C=O) groups is 1. The monoisotopic (exact) mass is 338 g/mol. The van der Waals surface area contributed by atoms with Crippen LogP contribution < -0.4 is 10.1 Å². The van der Waals surface area contributed by atoms with E-state index in [1.807, 2.05) is 55.6 Å². The average Bonchev–Trinajstić information content (AvgIpc) is 2.65. The van der Waals surface area contributed by atoms with Crippen molar-refractivity contribution in [3.8, 4) is 5.75 Å². The third kappa shape index (κ3) is 6.18. The predicted molar refractivity (Wildman–Crippen MR) is 103 cm³/mol. The Balaban J connectivity index is 2.01. The van der Waals surface area contributed by atoms with Crippen LogP contribution in [0.4, 0.5) is 0 Å². The molecule has 1 N–H and O–H groups in total. The van der Waals surface area contributed by atoms with Crippen LogP contribution in [0.2, 0.25) is 0 Å². The average molecular weight is 338 g/mol. The first-order valence-corrected chi connectivity index (χ1v) is 8.41. The number of hydrogen-bond acceptors (Lipinski definition) is 4. The van der Waals surface area contributed by atoms with Crippen LogP contribution in [-0.2, 0) is 6.54 Å². The molecule has 4 nitrogen and oxygen atoms in total. The molecule has 0 saturated carbocycles. The molecule has 0 heterocycles. The Hall–Kier alpha value is -2.43. The van der Waals surface area contributed by atoms with Gasteiger partial charge in [0.05, 0.1) is 7.11 Å². The second-order valence-electron chi connectivity index (χ2n) is 6.01. The lowest BCUT2D eigenvalue weighted by molar-refractivity contribution is 0.104. The van der Waals surface area contributed by atoms with Gasteiger partial charge >= 0.3 is 0 Å². The Morgan fingerprint density at radius 1 is 1.20 bits per heavy atom. The smallest absolute Gasteiger partial charge is 0.185 e. The maximum Gasteiger partial charge on any atom is 0.185 e. The van der Waals surface area contributed by atoms with E-state index >= 15 is 0 Å². The van der Waals surface area contributed by atoms with E-state index in [0.29, 0.717) is 5.56 Å². The van der Waals surface area contributed by atoms with E-state index in [0.717, 1.165) is 36.5 Å². The quantitative estimate of drug-likeness (QED) is 0.563. The van der Waals surface area contributed by atoms with Gasteiger partial charge in [0.25, 0.3) is 0 Å². The summed E-state index contributed by atoms with van der Waals surface area (Å²) < 4.78 is 5.13. The molecular formula is C21H26N2O2. The second kappa shape index (κ2) is 9.77. The van der Waals surface area contributed by atoms with Crippen molar-refractivity contribution in [3.63, 3.8) is 0 Å². The Morgan fingerprint density at radius 2 is 1.96 bits per heavy atom. The van der Waals surface area contributed by atoms with Crippen molar-refractivity contribution < 1.29 is 9.53 Å². The molecule has 0 unspecified atom stereocenters. The third-order valence-corrected chi connectivity index (χ3v) is 3.95. The maximum absolute atomic E-state index is 12.4. The van der Waals surface area contributed by atoms with E-state index in [1.165, 1.54) is 0 Å². The number of methoxy groups -OCH3 is 1. The molecule has 0 fully saturated rings. The summed E-state index contributed by atoms with van der Waals surface area (Å²) in [5.41, 5.74) is 2.82. The minimum atomic E-state index is 0.00976. The van der Waals surface area contributed by atoms with Gasteiger partial charge in [-0.25, -0.2) is 0 Å². The molecule has 2 aromatic rings. The summed E-state index contributed by atoms with van der Waals surface area (Å²) in [5.74, 6) is 0.814. The Kier molecular flexibility index (Phi) is 7.38. The number of nitrogens with zero attached hydrogens (tertiary/aromatic N) is 1. The summed E-state index contributed by atoms with van der Waals surface area (Å²) in [6.45, 7) is 2.73. The maximum atomic E-state index is 12.4. The molecule has 0 aliphatic rings. The van der Waals surface area contributed by atoms with Crippen molar-refractivity contribution in [1.29, 1.82) is 0 Å². The van der Waals surface area contributed by atoms with Crippen LogP contribution in [0.1, 0.15) is 21.5 Å². The molecule has 0 radical (unpaired) electrons. The van der Waals surface area contributed by atoms with Crippen molar-refractivity contribution in [3.05, 3.63) is 71.3 Å². The lowest BCUT2D eigenvalue weighted by atomic mass is 10.1. The van der Waals surface area contributed by atoms with E-state index in [1.54, 1.807) is 13.2 Å². The van der Waals surface area contributed by atoms with Crippen molar-refractivity contribution >= 4 is 11.9 Å². The van der Waals surface area contributed by atoms with Crippen molar-refractivity contribution in [1.82, 2.24) is 10.2 Å². The van der Waals surface area contributed by atoms with Crippen LogP contribution in [0.25, 0.3) is 6.08 Å². The number of hydrogen-bond donors (Lipinski definition) is 1. The molecule has 0 aliphatic carbocycles. The van der Waals surface area contributed by atoms with Gasteiger partial charge in [-0.2, -0.15) is 0 Å². The molecule has 2 rings (SSSR count). The van der Waals surface area contributed by atoms with Crippen molar-refractivity contribution in [2.24, 2.45) is 0 Å². The number of allylic oxidation sites excluding steroid dienone is 1. The van der Waals surface area contributed by atoms with E-state index in [2.05, 4.69) is 23.3 Å². The molecule has 0 aliphatic heterocycles. The number of ether oxygens (including phenoxy) is 1. The zero-order valence-corrected chi connectivity index (χ0v) is 15.2. The topological polar surface area (TPSA) is 41.6 Å². The highest BCUT2D eigenvalue weighted by atomic mass is 16.5. The molecule has 0 amide bonds. The first-order chi connectivity index (χ1) is 12.1. The zero-order valence-electron chi connectivity index (χ0n) is 15.2. The van der Waals surface area contributed by atoms with Gasteiger partial charge in [-0.15, -0.1) is 0 Å². The molecule has 0 spiro atoms. The van der Waals surface area contributed by atoms with E-state index in [-0.39, 0.29) is 5.78 Å².